The number of nitrogens with one attached hydrogen (secondary N) is 1. The van der Waals surface area contributed by atoms with Crippen LogP contribution in [0.3, 0.4) is 0 Å². The van der Waals surface area contributed by atoms with Crippen molar-refractivity contribution in [3.8, 4) is 6.07 Å². The van der Waals surface area contributed by atoms with Gasteiger partial charge in [-0.25, -0.2) is 0 Å². The Hall–Kier alpha value is -2.72. The van der Waals surface area contributed by atoms with Gasteiger partial charge in [0.25, 0.3) is 5.91 Å². The Morgan fingerprint density at radius 1 is 1.29 bits per heavy atom. The van der Waals surface area contributed by atoms with E-state index in [4.69, 9.17) is 9.68 Å². The highest BCUT2D eigenvalue weighted by atomic mass is 32.2. The van der Waals surface area contributed by atoms with Crippen molar-refractivity contribution in [2.75, 3.05) is 16.9 Å². The number of furan rings is 1. The Kier molecular flexibility index (Phi) is 4.58. The van der Waals surface area contributed by atoms with Crippen LogP contribution in [0, 0.1) is 18.3 Å². The molecule has 0 unspecified atom stereocenters. The first-order valence-electron chi connectivity index (χ1n) is 7.34. The van der Waals surface area contributed by atoms with Crippen molar-refractivity contribution in [1.29, 1.82) is 5.26 Å². The van der Waals surface area contributed by atoms with E-state index in [2.05, 4.69) is 5.32 Å². The van der Waals surface area contributed by atoms with Crippen LogP contribution < -0.4 is 5.32 Å². The standard InChI is InChI=1S/C17H15N3O3S/c1-11-2-7-15(23-11)17(22)20-10-24-9-14(20)16(21)19-13-5-3-12(8-18)4-6-13/h2-7,14H,9-10H2,1H3,(H,19,21)/t14-/m0/s1. The molecule has 1 fully saturated rings. The Labute approximate surface area is 143 Å². The summed E-state index contributed by atoms with van der Waals surface area (Å²) in [5.74, 6) is 1.35. The van der Waals surface area contributed by atoms with Crippen LogP contribution in [-0.4, -0.2) is 34.4 Å². The van der Waals surface area contributed by atoms with E-state index in [0.29, 0.717) is 28.6 Å². The van der Waals surface area contributed by atoms with Gasteiger partial charge in [-0.05, 0) is 43.3 Å². The third kappa shape index (κ3) is 3.29. The van der Waals surface area contributed by atoms with Gasteiger partial charge in [-0.15, -0.1) is 11.8 Å². The van der Waals surface area contributed by atoms with E-state index in [-0.39, 0.29) is 17.6 Å². The number of benzene rings is 1. The molecule has 1 N–H and O–H groups in total. The second kappa shape index (κ2) is 6.81. The molecule has 122 valence electrons. The van der Waals surface area contributed by atoms with Crippen molar-refractivity contribution in [2.24, 2.45) is 0 Å². The molecular formula is C17H15N3O3S. The van der Waals surface area contributed by atoms with Crippen molar-refractivity contribution >= 4 is 29.3 Å². The average Bonchev–Trinajstić information content (AvgIpc) is 3.24. The number of amides is 2. The monoisotopic (exact) mass is 341 g/mol. The van der Waals surface area contributed by atoms with Gasteiger partial charge in [0.15, 0.2) is 5.76 Å². The quantitative estimate of drug-likeness (QED) is 0.927. The summed E-state index contributed by atoms with van der Waals surface area (Å²) >= 11 is 1.52. The molecule has 2 amide bonds. The van der Waals surface area contributed by atoms with E-state index in [1.54, 1.807) is 43.3 Å². The maximum atomic E-state index is 12.5. The smallest absolute Gasteiger partial charge is 0.290 e. The molecule has 0 spiro atoms. The molecule has 2 aromatic rings. The summed E-state index contributed by atoms with van der Waals surface area (Å²) in [6.07, 6.45) is 0. The number of thioether (sulfide) groups is 1. The number of rotatable bonds is 3. The van der Waals surface area contributed by atoms with Crippen LogP contribution in [0.4, 0.5) is 5.69 Å². The van der Waals surface area contributed by atoms with Crippen LogP contribution >= 0.6 is 11.8 Å². The first kappa shape index (κ1) is 16.1. The molecule has 1 aliphatic heterocycles. The van der Waals surface area contributed by atoms with Crippen LogP contribution in [-0.2, 0) is 4.79 Å². The minimum atomic E-state index is -0.552. The van der Waals surface area contributed by atoms with Gasteiger partial charge in [0.2, 0.25) is 5.91 Å². The van der Waals surface area contributed by atoms with E-state index < -0.39 is 6.04 Å². The molecule has 0 radical (unpaired) electrons. The highest BCUT2D eigenvalue weighted by Crippen LogP contribution is 2.25. The van der Waals surface area contributed by atoms with Gasteiger partial charge in [-0.3, -0.25) is 9.59 Å². The summed E-state index contributed by atoms with van der Waals surface area (Å²) in [5.41, 5.74) is 1.12. The van der Waals surface area contributed by atoms with Crippen molar-refractivity contribution in [3.05, 3.63) is 53.5 Å². The average molecular weight is 341 g/mol. The molecule has 0 bridgehead atoms. The number of nitrogens with zero attached hydrogens (tertiary/aromatic N) is 2. The highest BCUT2D eigenvalue weighted by Gasteiger charge is 2.36. The van der Waals surface area contributed by atoms with Gasteiger partial charge < -0.3 is 14.6 Å². The molecule has 1 aliphatic rings. The molecule has 1 atom stereocenters. The molecule has 3 rings (SSSR count). The first-order valence-corrected chi connectivity index (χ1v) is 8.50. The summed E-state index contributed by atoms with van der Waals surface area (Å²) in [4.78, 5) is 26.5. The lowest BCUT2D eigenvalue weighted by atomic mass is 10.2. The number of carbonyl (C=O) groups is 2. The zero-order chi connectivity index (χ0) is 17.1. The van der Waals surface area contributed by atoms with Gasteiger partial charge in [0, 0.05) is 11.4 Å². The lowest BCUT2D eigenvalue weighted by Crippen LogP contribution is -2.44. The van der Waals surface area contributed by atoms with Crippen molar-refractivity contribution in [3.63, 3.8) is 0 Å². The number of aryl methyl sites for hydroxylation is 1. The predicted octanol–water partition coefficient (Wildman–Crippen LogP) is 2.61. The maximum Gasteiger partial charge on any atom is 0.290 e. The van der Waals surface area contributed by atoms with Gasteiger partial charge in [-0.2, -0.15) is 5.26 Å². The number of nitriles is 1. The Balaban J connectivity index is 1.71. The minimum Gasteiger partial charge on any atom is -0.456 e. The molecule has 1 saturated heterocycles. The lowest BCUT2D eigenvalue weighted by molar-refractivity contribution is -0.119. The predicted molar refractivity (Wildman–Crippen MR) is 90.5 cm³/mol. The van der Waals surface area contributed by atoms with Crippen LogP contribution in [0.1, 0.15) is 21.9 Å². The molecule has 0 aliphatic carbocycles. The molecule has 1 aromatic carbocycles. The number of carbonyl (C=O) groups excluding carboxylic acids is 2. The van der Waals surface area contributed by atoms with Crippen LogP contribution in [0.5, 0.6) is 0 Å². The molecule has 0 saturated carbocycles. The van der Waals surface area contributed by atoms with E-state index in [9.17, 15) is 9.59 Å². The van der Waals surface area contributed by atoms with Gasteiger partial charge in [0.1, 0.15) is 11.8 Å². The third-order valence-corrected chi connectivity index (χ3v) is 4.69. The Morgan fingerprint density at radius 2 is 2.04 bits per heavy atom. The Morgan fingerprint density at radius 3 is 2.67 bits per heavy atom. The van der Waals surface area contributed by atoms with Crippen molar-refractivity contribution < 1.29 is 14.0 Å². The van der Waals surface area contributed by atoms with Crippen LogP contribution in [0.15, 0.2) is 40.8 Å². The number of hydrogen-bond donors (Lipinski definition) is 1. The summed E-state index contributed by atoms with van der Waals surface area (Å²) in [5, 5.41) is 11.6. The van der Waals surface area contributed by atoms with Gasteiger partial charge in [0.05, 0.1) is 17.5 Å². The molecular weight excluding hydrogens is 326 g/mol. The Bertz CT molecular complexity index is 807. The van der Waals surface area contributed by atoms with Crippen molar-refractivity contribution in [1.82, 2.24) is 4.90 Å². The van der Waals surface area contributed by atoms with Gasteiger partial charge in [-0.1, -0.05) is 0 Å². The normalized spacial score (nSPS) is 16.7. The molecule has 1 aromatic heterocycles. The molecule has 7 heteroatoms. The molecule has 24 heavy (non-hydrogen) atoms. The summed E-state index contributed by atoms with van der Waals surface area (Å²) in [7, 11) is 0. The SMILES string of the molecule is Cc1ccc(C(=O)N2CSC[C@H]2C(=O)Nc2ccc(C#N)cc2)o1. The third-order valence-electron chi connectivity index (χ3n) is 3.68. The van der Waals surface area contributed by atoms with Crippen molar-refractivity contribution in [2.45, 2.75) is 13.0 Å². The maximum absolute atomic E-state index is 12.5. The summed E-state index contributed by atoms with van der Waals surface area (Å²) < 4.78 is 5.37. The lowest BCUT2D eigenvalue weighted by Gasteiger charge is -2.22. The van der Waals surface area contributed by atoms with E-state index in [1.807, 2.05) is 6.07 Å². The zero-order valence-electron chi connectivity index (χ0n) is 13.0. The topological polar surface area (TPSA) is 86.3 Å². The number of hydrogen-bond acceptors (Lipinski definition) is 5. The van der Waals surface area contributed by atoms with E-state index in [1.165, 1.54) is 16.7 Å². The minimum absolute atomic E-state index is 0.242. The van der Waals surface area contributed by atoms with Gasteiger partial charge >= 0.3 is 0 Å². The van der Waals surface area contributed by atoms with E-state index in [0.717, 1.165) is 0 Å². The van der Waals surface area contributed by atoms with E-state index >= 15 is 0 Å². The highest BCUT2D eigenvalue weighted by molar-refractivity contribution is 7.99. The second-order valence-electron chi connectivity index (χ2n) is 5.38. The second-order valence-corrected chi connectivity index (χ2v) is 6.38. The molecule has 6 nitrogen and oxygen atoms in total. The fraction of sp³-hybridized carbons (Fsp3) is 0.235. The fourth-order valence-electron chi connectivity index (χ4n) is 2.40. The largest absolute Gasteiger partial charge is 0.456 e. The zero-order valence-corrected chi connectivity index (χ0v) is 13.8. The first-order chi connectivity index (χ1) is 11.6. The number of anilines is 1. The summed E-state index contributed by atoms with van der Waals surface area (Å²) in [6.45, 7) is 1.77. The summed E-state index contributed by atoms with van der Waals surface area (Å²) in [6, 6.07) is 11.4. The van der Waals surface area contributed by atoms with Crippen LogP contribution in [0.2, 0.25) is 0 Å². The molecule has 2 heterocycles. The van der Waals surface area contributed by atoms with Crippen LogP contribution in [0.25, 0.3) is 0 Å². The fourth-order valence-corrected chi connectivity index (χ4v) is 3.56.